The number of carbonyl (C=O) groups excluding carboxylic acids is 3. The molecule has 128 valence electrons. The highest BCUT2D eigenvalue weighted by molar-refractivity contribution is 6.00. The van der Waals surface area contributed by atoms with E-state index in [4.69, 9.17) is 0 Å². The maximum absolute atomic E-state index is 12.5. The molecule has 0 radical (unpaired) electrons. The van der Waals surface area contributed by atoms with Crippen LogP contribution in [0.1, 0.15) is 39.0 Å². The van der Waals surface area contributed by atoms with Crippen LogP contribution in [0, 0.1) is 5.92 Å². The summed E-state index contributed by atoms with van der Waals surface area (Å²) >= 11 is 0. The lowest BCUT2D eigenvalue weighted by Gasteiger charge is -2.23. The van der Waals surface area contributed by atoms with Gasteiger partial charge in [0.2, 0.25) is 17.7 Å². The number of nitrogens with one attached hydrogen (secondary N) is 2. The average molecular weight is 330 g/mol. The Morgan fingerprint density at radius 1 is 1.25 bits per heavy atom. The number of rotatable bonds is 4. The van der Waals surface area contributed by atoms with E-state index < -0.39 is 0 Å². The van der Waals surface area contributed by atoms with Gasteiger partial charge in [0.1, 0.15) is 0 Å². The summed E-state index contributed by atoms with van der Waals surface area (Å²) in [6, 6.07) is 3.66. The van der Waals surface area contributed by atoms with Gasteiger partial charge in [-0.05, 0) is 25.0 Å². The summed E-state index contributed by atoms with van der Waals surface area (Å²) in [6.07, 6.45) is 6.17. The van der Waals surface area contributed by atoms with Crippen molar-refractivity contribution in [1.29, 1.82) is 0 Å². The van der Waals surface area contributed by atoms with Crippen LogP contribution in [-0.4, -0.2) is 40.2 Å². The summed E-state index contributed by atoms with van der Waals surface area (Å²) in [5.41, 5.74) is 0.449. The Morgan fingerprint density at radius 2 is 2.00 bits per heavy atom. The lowest BCUT2D eigenvalue weighted by molar-refractivity contribution is -0.130. The molecule has 1 saturated carbocycles. The molecule has 2 fully saturated rings. The van der Waals surface area contributed by atoms with E-state index >= 15 is 0 Å². The molecule has 1 saturated heterocycles. The Bertz CT molecular complexity index is 655. The predicted molar refractivity (Wildman–Crippen MR) is 89.2 cm³/mol. The van der Waals surface area contributed by atoms with Crippen LogP contribution in [-0.2, 0) is 14.4 Å². The first-order valence-electron chi connectivity index (χ1n) is 8.37. The third-order valence-electron chi connectivity index (χ3n) is 4.65. The van der Waals surface area contributed by atoms with Crippen LogP contribution in [0.4, 0.5) is 11.5 Å². The summed E-state index contributed by atoms with van der Waals surface area (Å²) in [7, 11) is 0. The normalized spacial score (nSPS) is 21.1. The zero-order valence-electron chi connectivity index (χ0n) is 13.7. The predicted octanol–water partition coefficient (Wildman–Crippen LogP) is 1.77. The van der Waals surface area contributed by atoms with E-state index in [1.807, 2.05) is 4.90 Å². The Labute approximate surface area is 140 Å². The Kier molecular flexibility index (Phi) is 4.78. The van der Waals surface area contributed by atoms with Crippen LogP contribution >= 0.6 is 0 Å². The smallest absolute Gasteiger partial charge is 0.229 e. The van der Waals surface area contributed by atoms with Crippen LogP contribution in [0.25, 0.3) is 0 Å². The monoisotopic (exact) mass is 330 g/mol. The Morgan fingerprint density at radius 3 is 2.71 bits per heavy atom. The molecule has 2 N–H and O–H groups in total. The molecule has 7 nitrogen and oxygen atoms in total. The fourth-order valence-corrected chi connectivity index (χ4v) is 3.48. The number of pyridine rings is 1. The molecule has 0 unspecified atom stereocenters. The van der Waals surface area contributed by atoms with E-state index in [9.17, 15) is 14.4 Å². The van der Waals surface area contributed by atoms with E-state index in [0.29, 0.717) is 24.1 Å². The van der Waals surface area contributed by atoms with Gasteiger partial charge in [0.15, 0.2) is 5.82 Å². The second-order valence-electron chi connectivity index (χ2n) is 6.46. The van der Waals surface area contributed by atoms with E-state index in [0.717, 1.165) is 25.7 Å². The topological polar surface area (TPSA) is 91.4 Å². The van der Waals surface area contributed by atoms with Crippen molar-refractivity contribution in [3.63, 3.8) is 0 Å². The molecule has 1 aliphatic carbocycles. The number of hydrogen-bond acceptors (Lipinski definition) is 4. The molecule has 3 rings (SSSR count). The molecule has 1 aliphatic heterocycles. The fraction of sp³-hybridized carbons (Fsp3) is 0.529. The number of hydrogen-bond donors (Lipinski definition) is 2. The van der Waals surface area contributed by atoms with Gasteiger partial charge in [-0.1, -0.05) is 12.8 Å². The zero-order chi connectivity index (χ0) is 17.1. The van der Waals surface area contributed by atoms with Crippen LogP contribution in [0.2, 0.25) is 0 Å². The molecule has 1 aromatic heterocycles. The molecule has 3 amide bonds. The number of anilines is 2. The summed E-state index contributed by atoms with van der Waals surface area (Å²) in [5.74, 6) is -0.440. The molecular weight excluding hydrogens is 308 g/mol. The van der Waals surface area contributed by atoms with Crippen molar-refractivity contribution in [2.45, 2.75) is 45.1 Å². The van der Waals surface area contributed by atoms with Crippen molar-refractivity contribution >= 4 is 29.2 Å². The number of carbonyl (C=O) groups is 3. The number of likely N-dealkylation sites (tertiary alicyclic amines) is 1. The summed E-state index contributed by atoms with van der Waals surface area (Å²) in [6.45, 7) is 1.86. The van der Waals surface area contributed by atoms with Gasteiger partial charge in [-0.2, -0.15) is 0 Å². The van der Waals surface area contributed by atoms with Crippen molar-refractivity contribution in [3.8, 4) is 0 Å². The van der Waals surface area contributed by atoms with Crippen molar-refractivity contribution in [1.82, 2.24) is 9.88 Å². The van der Waals surface area contributed by atoms with Gasteiger partial charge in [-0.25, -0.2) is 4.98 Å². The molecule has 2 heterocycles. The van der Waals surface area contributed by atoms with E-state index in [-0.39, 0.29) is 30.1 Å². The molecule has 0 bridgehead atoms. The van der Waals surface area contributed by atoms with E-state index in [2.05, 4.69) is 15.6 Å². The fourth-order valence-electron chi connectivity index (χ4n) is 3.48. The second-order valence-corrected chi connectivity index (χ2v) is 6.46. The summed E-state index contributed by atoms with van der Waals surface area (Å²) in [5, 5.41) is 5.38. The van der Waals surface area contributed by atoms with Gasteiger partial charge in [0.05, 0.1) is 11.6 Å². The van der Waals surface area contributed by atoms with Crippen LogP contribution in [0.3, 0.4) is 0 Å². The number of aromatic nitrogens is 1. The van der Waals surface area contributed by atoms with Gasteiger partial charge < -0.3 is 15.5 Å². The van der Waals surface area contributed by atoms with Gasteiger partial charge in [-0.3, -0.25) is 14.4 Å². The molecule has 1 atom stereocenters. The van der Waals surface area contributed by atoms with Crippen LogP contribution in [0.5, 0.6) is 0 Å². The van der Waals surface area contributed by atoms with Crippen LogP contribution in [0.15, 0.2) is 18.3 Å². The molecular formula is C17H22N4O3. The molecule has 7 heteroatoms. The van der Waals surface area contributed by atoms with Gasteiger partial charge in [-0.15, -0.1) is 0 Å². The third kappa shape index (κ3) is 3.55. The van der Waals surface area contributed by atoms with Crippen molar-refractivity contribution in [3.05, 3.63) is 18.3 Å². The standard InChI is InChI=1S/C17H22N4O3/c1-11(22)19-16-14(7-4-8-18-16)20-17(24)12-9-15(23)21(10-12)13-5-2-3-6-13/h4,7-8,12-13H,2-3,5-6,9-10H2,1H3,(H,20,24)(H,18,19,22)/t12-/m0/s1. The van der Waals surface area contributed by atoms with Crippen LogP contribution < -0.4 is 10.6 Å². The Hall–Kier alpha value is -2.44. The van der Waals surface area contributed by atoms with Crippen molar-refractivity contribution < 1.29 is 14.4 Å². The summed E-state index contributed by atoms with van der Waals surface area (Å²) in [4.78, 5) is 41.9. The minimum absolute atomic E-state index is 0.0651. The lowest BCUT2D eigenvalue weighted by Crippen LogP contribution is -2.35. The SMILES string of the molecule is CC(=O)Nc1ncccc1NC(=O)[C@H]1CC(=O)N(C2CCCC2)C1. The molecule has 24 heavy (non-hydrogen) atoms. The highest BCUT2D eigenvalue weighted by atomic mass is 16.2. The number of nitrogens with zero attached hydrogens (tertiary/aromatic N) is 2. The minimum atomic E-state index is -0.358. The van der Waals surface area contributed by atoms with Gasteiger partial charge in [0.25, 0.3) is 0 Å². The maximum atomic E-state index is 12.5. The highest BCUT2D eigenvalue weighted by Gasteiger charge is 2.38. The van der Waals surface area contributed by atoms with E-state index in [1.165, 1.54) is 6.92 Å². The van der Waals surface area contributed by atoms with Crippen molar-refractivity contribution in [2.24, 2.45) is 5.92 Å². The molecule has 2 aliphatic rings. The first-order chi connectivity index (χ1) is 11.5. The molecule has 0 spiro atoms. The summed E-state index contributed by atoms with van der Waals surface area (Å²) < 4.78 is 0. The zero-order valence-corrected chi connectivity index (χ0v) is 13.7. The maximum Gasteiger partial charge on any atom is 0.229 e. The molecule has 1 aromatic rings. The van der Waals surface area contributed by atoms with Gasteiger partial charge >= 0.3 is 0 Å². The minimum Gasteiger partial charge on any atom is -0.339 e. The third-order valence-corrected chi connectivity index (χ3v) is 4.65. The first-order valence-corrected chi connectivity index (χ1v) is 8.37. The second kappa shape index (κ2) is 6.98. The molecule has 0 aromatic carbocycles. The van der Waals surface area contributed by atoms with Crippen molar-refractivity contribution in [2.75, 3.05) is 17.2 Å². The Balaban J connectivity index is 1.65. The quantitative estimate of drug-likeness (QED) is 0.880. The van der Waals surface area contributed by atoms with Gasteiger partial charge in [0, 0.05) is 32.1 Å². The average Bonchev–Trinajstić information content (AvgIpc) is 3.17. The lowest BCUT2D eigenvalue weighted by atomic mass is 10.1. The largest absolute Gasteiger partial charge is 0.339 e. The number of amides is 3. The highest BCUT2D eigenvalue weighted by Crippen LogP contribution is 2.30. The van der Waals surface area contributed by atoms with E-state index in [1.54, 1.807) is 18.3 Å². The first kappa shape index (κ1) is 16.4.